The molecule has 0 amide bonds. The van der Waals surface area contributed by atoms with Gasteiger partial charge in [-0.1, -0.05) is 11.6 Å². The molecule has 3 rings (SSSR count). The summed E-state index contributed by atoms with van der Waals surface area (Å²) < 4.78 is 1.46. The highest BCUT2D eigenvalue weighted by molar-refractivity contribution is 6.31. The summed E-state index contributed by atoms with van der Waals surface area (Å²) in [6, 6.07) is 7.98. The number of rotatable bonds is 3. The van der Waals surface area contributed by atoms with Gasteiger partial charge in [0.1, 0.15) is 11.6 Å². The Labute approximate surface area is 119 Å². The van der Waals surface area contributed by atoms with Crippen molar-refractivity contribution in [2.45, 2.75) is 18.8 Å². The minimum atomic E-state index is -0.467. The molecule has 1 aliphatic rings. The number of nitrogens with zero attached hydrogens (tertiary/aromatic N) is 4. The van der Waals surface area contributed by atoms with E-state index >= 15 is 0 Å². The molecule has 0 aliphatic heterocycles. The van der Waals surface area contributed by atoms with E-state index in [9.17, 15) is 15.4 Å². The van der Waals surface area contributed by atoms with Crippen LogP contribution in [-0.2, 0) is 0 Å². The highest BCUT2D eigenvalue weighted by Crippen LogP contribution is 2.42. The van der Waals surface area contributed by atoms with Crippen LogP contribution in [0, 0.1) is 21.4 Å². The van der Waals surface area contributed by atoms with Gasteiger partial charge in [0.2, 0.25) is 0 Å². The van der Waals surface area contributed by atoms with Crippen LogP contribution in [0.3, 0.4) is 0 Å². The van der Waals surface area contributed by atoms with E-state index in [1.807, 2.05) is 0 Å². The number of nitro groups is 1. The van der Waals surface area contributed by atoms with Crippen LogP contribution in [0.4, 0.5) is 5.69 Å². The highest BCUT2D eigenvalue weighted by atomic mass is 35.5. The molecule has 7 heteroatoms. The van der Waals surface area contributed by atoms with Crippen molar-refractivity contribution in [2.24, 2.45) is 0 Å². The molecule has 20 heavy (non-hydrogen) atoms. The number of nitro benzene ring substituents is 1. The van der Waals surface area contributed by atoms with E-state index in [-0.39, 0.29) is 10.8 Å². The Balaban J connectivity index is 2.06. The molecule has 1 aromatic carbocycles. The summed E-state index contributed by atoms with van der Waals surface area (Å²) in [5, 5.41) is 24.4. The summed E-state index contributed by atoms with van der Waals surface area (Å²) >= 11 is 6.18. The smallest absolute Gasteiger partial charge is 0.258 e. The molecule has 1 saturated carbocycles. The number of aromatic nitrogens is 2. The van der Waals surface area contributed by atoms with Crippen LogP contribution in [0.2, 0.25) is 5.15 Å². The third kappa shape index (κ3) is 2.02. The number of benzene rings is 1. The Morgan fingerprint density at radius 2 is 2.05 bits per heavy atom. The van der Waals surface area contributed by atoms with Gasteiger partial charge >= 0.3 is 0 Å². The SMILES string of the molecule is N#Cc1c(C2CC2)nn(-c2ccc([N+](=O)[O-])cc2)c1Cl. The zero-order valence-corrected chi connectivity index (χ0v) is 11.0. The Hall–Kier alpha value is -2.39. The molecule has 1 aliphatic carbocycles. The van der Waals surface area contributed by atoms with Gasteiger partial charge in [-0.15, -0.1) is 0 Å². The summed E-state index contributed by atoms with van der Waals surface area (Å²) in [5.41, 5.74) is 1.72. The average molecular weight is 289 g/mol. The maximum absolute atomic E-state index is 10.6. The minimum Gasteiger partial charge on any atom is -0.258 e. The highest BCUT2D eigenvalue weighted by Gasteiger charge is 2.31. The molecule has 0 unspecified atom stereocenters. The van der Waals surface area contributed by atoms with E-state index in [0.717, 1.165) is 18.5 Å². The number of halogens is 1. The molecular weight excluding hydrogens is 280 g/mol. The fourth-order valence-corrected chi connectivity index (χ4v) is 2.32. The second-order valence-corrected chi connectivity index (χ2v) is 4.98. The fraction of sp³-hybridized carbons (Fsp3) is 0.231. The van der Waals surface area contributed by atoms with Crippen LogP contribution in [0.5, 0.6) is 0 Å². The quantitative estimate of drug-likeness (QED) is 0.641. The van der Waals surface area contributed by atoms with E-state index in [0.29, 0.717) is 17.2 Å². The molecule has 6 nitrogen and oxygen atoms in total. The second-order valence-electron chi connectivity index (χ2n) is 4.62. The summed E-state index contributed by atoms with van der Waals surface area (Å²) in [4.78, 5) is 10.2. The monoisotopic (exact) mass is 288 g/mol. The molecule has 0 N–H and O–H groups in total. The van der Waals surface area contributed by atoms with Crippen LogP contribution < -0.4 is 0 Å². The van der Waals surface area contributed by atoms with Gasteiger partial charge in [0.15, 0.2) is 5.15 Å². The summed E-state index contributed by atoms with van der Waals surface area (Å²) in [7, 11) is 0. The van der Waals surface area contributed by atoms with Crippen molar-refractivity contribution in [1.29, 1.82) is 5.26 Å². The average Bonchev–Trinajstić information content (AvgIpc) is 3.23. The van der Waals surface area contributed by atoms with Gasteiger partial charge < -0.3 is 0 Å². The molecule has 0 spiro atoms. The third-order valence-electron chi connectivity index (χ3n) is 3.24. The normalized spacial score (nSPS) is 14.0. The van der Waals surface area contributed by atoms with Gasteiger partial charge in [-0.2, -0.15) is 10.4 Å². The molecule has 0 radical (unpaired) electrons. The van der Waals surface area contributed by atoms with Crippen molar-refractivity contribution >= 4 is 17.3 Å². The van der Waals surface area contributed by atoms with Crippen molar-refractivity contribution in [1.82, 2.24) is 9.78 Å². The summed E-state index contributed by atoms with van der Waals surface area (Å²) in [5.74, 6) is 0.307. The Bertz CT molecular complexity index is 726. The lowest BCUT2D eigenvalue weighted by Gasteiger charge is -2.02. The van der Waals surface area contributed by atoms with Gasteiger partial charge in [0, 0.05) is 18.1 Å². The van der Waals surface area contributed by atoms with Crippen molar-refractivity contribution in [3.8, 4) is 11.8 Å². The molecule has 0 bridgehead atoms. The van der Waals surface area contributed by atoms with Crippen molar-refractivity contribution in [2.75, 3.05) is 0 Å². The first-order valence-electron chi connectivity index (χ1n) is 6.05. The van der Waals surface area contributed by atoms with Gasteiger partial charge in [0.25, 0.3) is 5.69 Å². The van der Waals surface area contributed by atoms with Crippen LogP contribution in [-0.4, -0.2) is 14.7 Å². The first-order chi connectivity index (χ1) is 9.61. The first kappa shape index (κ1) is 12.6. The number of hydrogen-bond donors (Lipinski definition) is 0. The summed E-state index contributed by atoms with van der Waals surface area (Å²) in [6.45, 7) is 0. The van der Waals surface area contributed by atoms with Gasteiger partial charge in [-0.05, 0) is 25.0 Å². The molecule has 100 valence electrons. The molecule has 1 fully saturated rings. The molecular formula is C13H9ClN4O2. The van der Waals surface area contributed by atoms with Crippen molar-refractivity contribution in [3.05, 3.63) is 50.8 Å². The molecule has 1 aromatic heterocycles. The molecule has 0 atom stereocenters. The third-order valence-corrected chi connectivity index (χ3v) is 3.59. The first-order valence-corrected chi connectivity index (χ1v) is 6.43. The predicted molar refractivity (Wildman–Crippen MR) is 71.9 cm³/mol. The Morgan fingerprint density at radius 3 is 2.55 bits per heavy atom. The topological polar surface area (TPSA) is 84.8 Å². The van der Waals surface area contributed by atoms with Crippen molar-refractivity contribution < 1.29 is 4.92 Å². The van der Waals surface area contributed by atoms with E-state index < -0.39 is 4.92 Å². The fourth-order valence-electron chi connectivity index (χ4n) is 2.05. The zero-order chi connectivity index (χ0) is 14.3. The maximum Gasteiger partial charge on any atom is 0.269 e. The summed E-state index contributed by atoms with van der Waals surface area (Å²) in [6.07, 6.45) is 2.03. The lowest BCUT2D eigenvalue weighted by Crippen LogP contribution is -1.97. The van der Waals surface area contributed by atoms with Crippen LogP contribution in [0.1, 0.15) is 30.0 Å². The van der Waals surface area contributed by atoms with E-state index in [1.54, 1.807) is 12.1 Å². The standard InChI is InChI=1S/C13H9ClN4O2/c14-13-11(7-15)12(8-1-2-8)16-17(13)9-3-5-10(6-4-9)18(19)20/h3-6,8H,1-2H2. The zero-order valence-electron chi connectivity index (χ0n) is 10.3. The van der Waals surface area contributed by atoms with E-state index in [4.69, 9.17) is 11.6 Å². The maximum atomic E-state index is 10.6. The van der Waals surface area contributed by atoms with Gasteiger partial charge in [-0.3, -0.25) is 10.1 Å². The number of non-ortho nitro benzene ring substituents is 1. The molecule has 1 heterocycles. The minimum absolute atomic E-state index is 0.0000448. The van der Waals surface area contributed by atoms with Crippen LogP contribution in [0.25, 0.3) is 5.69 Å². The molecule has 2 aromatic rings. The lowest BCUT2D eigenvalue weighted by molar-refractivity contribution is -0.384. The lowest BCUT2D eigenvalue weighted by atomic mass is 10.2. The van der Waals surface area contributed by atoms with E-state index in [1.165, 1.54) is 16.8 Å². The molecule has 0 saturated heterocycles. The number of hydrogen-bond acceptors (Lipinski definition) is 4. The predicted octanol–water partition coefficient (Wildman–Crippen LogP) is 3.18. The van der Waals surface area contributed by atoms with E-state index in [2.05, 4.69) is 11.2 Å². The van der Waals surface area contributed by atoms with Crippen molar-refractivity contribution in [3.63, 3.8) is 0 Å². The van der Waals surface area contributed by atoms with Crippen LogP contribution in [0.15, 0.2) is 24.3 Å². The van der Waals surface area contributed by atoms with Gasteiger partial charge in [0.05, 0.1) is 16.3 Å². The Kier molecular flexibility index (Phi) is 2.92. The Morgan fingerprint density at radius 1 is 1.40 bits per heavy atom. The largest absolute Gasteiger partial charge is 0.269 e. The number of nitriles is 1. The second kappa shape index (κ2) is 4.62. The van der Waals surface area contributed by atoms with Crippen LogP contribution >= 0.6 is 11.6 Å². The van der Waals surface area contributed by atoms with Gasteiger partial charge in [-0.25, -0.2) is 4.68 Å².